The van der Waals surface area contributed by atoms with Crippen molar-refractivity contribution in [3.05, 3.63) is 59.7 Å². The lowest BCUT2D eigenvalue weighted by atomic mass is 10.1. The lowest BCUT2D eigenvalue weighted by Gasteiger charge is -2.24. The first kappa shape index (κ1) is 17.1. The molecule has 1 aromatic heterocycles. The van der Waals surface area contributed by atoms with E-state index in [0.717, 1.165) is 46.8 Å². The van der Waals surface area contributed by atoms with Crippen LogP contribution in [-0.2, 0) is 5.75 Å². The number of aromatic nitrogens is 2. The number of hydrogen-bond donors (Lipinski definition) is 2. The second-order valence-electron chi connectivity index (χ2n) is 6.57. The Bertz CT molecular complexity index is 884. The number of rotatable bonds is 5. The van der Waals surface area contributed by atoms with E-state index in [0.29, 0.717) is 5.75 Å². The molecule has 4 rings (SSSR count). The highest BCUT2D eigenvalue weighted by atomic mass is 32.2. The Labute approximate surface area is 157 Å². The molecule has 0 spiro atoms. The van der Waals surface area contributed by atoms with Crippen molar-refractivity contribution in [1.29, 1.82) is 0 Å². The van der Waals surface area contributed by atoms with Gasteiger partial charge in [-0.3, -0.25) is 4.79 Å². The number of amides is 1. The van der Waals surface area contributed by atoms with Crippen LogP contribution in [0, 0.1) is 0 Å². The Balaban J connectivity index is 1.50. The van der Waals surface area contributed by atoms with Gasteiger partial charge in [-0.25, -0.2) is 4.98 Å². The second-order valence-corrected chi connectivity index (χ2v) is 7.53. The molecule has 1 fully saturated rings. The predicted octanol–water partition coefficient (Wildman–Crippen LogP) is 3.29. The molecule has 0 aliphatic carbocycles. The van der Waals surface area contributed by atoms with E-state index in [1.54, 1.807) is 11.8 Å². The molecule has 2 aromatic carbocycles. The van der Waals surface area contributed by atoms with E-state index in [1.165, 1.54) is 0 Å². The van der Waals surface area contributed by atoms with E-state index in [9.17, 15) is 4.79 Å². The van der Waals surface area contributed by atoms with E-state index in [-0.39, 0.29) is 11.9 Å². The van der Waals surface area contributed by atoms with Gasteiger partial charge in [0, 0.05) is 31.0 Å². The van der Waals surface area contributed by atoms with Gasteiger partial charge < -0.3 is 15.2 Å². The molecule has 26 heavy (non-hydrogen) atoms. The second kappa shape index (κ2) is 7.51. The minimum Gasteiger partial charge on any atom is -0.337 e. The minimum atomic E-state index is 0.0968. The van der Waals surface area contributed by atoms with Crippen LogP contribution in [0.15, 0.2) is 53.7 Å². The molecule has 3 aromatic rings. The smallest absolute Gasteiger partial charge is 0.254 e. The van der Waals surface area contributed by atoms with E-state index >= 15 is 0 Å². The number of nitrogens with one attached hydrogen (secondary N) is 2. The lowest BCUT2D eigenvalue weighted by Crippen LogP contribution is -2.38. The van der Waals surface area contributed by atoms with Crippen LogP contribution in [0.5, 0.6) is 0 Å². The summed E-state index contributed by atoms with van der Waals surface area (Å²) in [6.07, 6.45) is 1.01. The van der Waals surface area contributed by atoms with Gasteiger partial charge in [0.25, 0.3) is 5.91 Å². The van der Waals surface area contributed by atoms with Crippen LogP contribution in [0.4, 0.5) is 0 Å². The Hall–Kier alpha value is -2.31. The number of likely N-dealkylation sites (N-methyl/N-ethyl adjacent to an activating group) is 1. The third kappa shape index (κ3) is 3.48. The molecule has 1 saturated heterocycles. The molecule has 6 heteroatoms. The maximum Gasteiger partial charge on any atom is 0.254 e. The quantitative estimate of drug-likeness (QED) is 0.680. The molecule has 1 unspecified atom stereocenters. The molecule has 0 saturated carbocycles. The zero-order valence-corrected chi connectivity index (χ0v) is 15.6. The first-order valence-corrected chi connectivity index (χ1v) is 9.84. The summed E-state index contributed by atoms with van der Waals surface area (Å²) >= 11 is 1.63. The van der Waals surface area contributed by atoms with Crippen molar-refractivity contribution in [3.8, 4) is 0 Å². The summed E-state index contributed by atoms with van der Waals surface area (Å²) in [4.78, 5) is 22.8. The topological polar surface area (TPSA) is 61.0 Å². The molecule has 134 valence electrons. The largest absolute Gasteiger partial charge is 0.337 e. The first-order valence-electron chi connectivity index (χ1n) is 8.86. The zero-order chi connectivity index (χ0) is 17.9. The van der Waals surface area contributed by atoms with E-state index < -0.39 is 0 Å². The fourth-order valence-corrected chi connectivity index (χ4v) is 4.21. The molecular formula is C20H22N4OS. The number of H-pyrrole nitrogens is 1. The van der Waals surface area contributed by atoms with Gasteiger partial charge in [-0.1, -0.05) is 42.1 Å². The monoisotopic (exact) mass is 366 g/mol. The molecule has 5 nitrogen and oxygen atoms in total. The highest BCUT2D eigenvalue weighted by molar-refractivity contribution is 7.98. The number of nitrogens with zero attached hydrogens (tertiary/aromatic N) is 2. The van der Waals surface area contributed by atoms with Gasteiger partial charge >= 0.3 is 0 Å². The van der Waals surface area contributed by atoms with E-state index in [4.69, 9.17) is 0 Å². The van der Waals surface area contributed by atoms with Crippen molar-refractivity contribution < 1.29 is 4.79 Å². The van der Waals surface area contributed by atoms with Crippen molar-refractivity contribution in [1.82, 2.24) is 20.2 Å². The number of para-hydroxylation sites is 2. The number of benzene rings is 2. The van der Waals surface area contributed by atoms with Crippen LogP contribution >= 0.6 is 11.8 Å². The normalized spacial score (nSPS) is 16.9. The minimum absolute atomic E-state index is 0.0968. The van der Waals surface area contributed by atoms with Crippen molar-refractivity contribution >= 4 is 28.7 Å². The number of hydrogen-bond acceptors (Lipinski definition) is 4. The molecular weight excluding hydrogens is 344 g/mol. The Morgan fingerprint density at radius 1 is 1.23 bits per heavy atom. The molecule has 1 aliphatic heterocycles. The highest BCUT2D eigenvalue weighted by Crippen LogP contribution is 2.25. The highest BCUT2D eigenvalue weighted by Gasteiger charge is 2.25. The molecule has 2 heterocycles. The number of fused-ring (bicyclic) bond motifs is 1. The predicted molar refractivity (Wildman–Crippen MR) is 105 cm³/mol. The summed E-state index contributed by atoms with van der Waals surface area (Å²) in [7, 11) is 1.91. The Morgan fingerprint density at radius 3 is 2.85 bits per heavy atom. The van der Waals surface area contributed by atoms with Crippen molar-refractivity contribution in [2.45, 2.75) is 23.4 Å². The van der Waals surface area contributed by atoms with Gasteiger partial charge in [-0.05, 0) is 36.7 Å². The number of carbonyl (C=O) groups excluding carboxylic acids is 1. The average molecular weight is 366 g/mol. The van der Waals surface area contributed by atoms with Crippen LogP contribution in [-0.4, -0.2) is 47.0 Å². The third-order valence-electron chi connectivity index (χ3n) is 4.88. The fourth-order valence-electron chi connectivity index (χ4n) is 3.32. The number of thioether (sulfide) groups is 1. The summed E-state index contributed by atoms with van der Waals surface area (Å²) < 4.78 is 0. The van der Waals surface area contributed by atoms with Gasteiger partial charge in [0.1, 0.15) is 0 Å². The summed E-state index contributed by atoms with van der Waals surface area (Å²) in [6.45, 7) is 1.85. The maximum absolute atomic E-state index is 13.0. The third-order valence-corrected chi connectivity index (χ3v) is 5.80. The lowest BCUT2D eigenvalue weighted by molar-refractivity contribution is 0.0743. The van der Waals surface area contributed by atoms with Crippen molar-refractivity contribution in [2.24, 2.45) is 0 Å². The van der Waals surface area contributed by atoms with E-state index in [1.807, 2.05) is 60.5 Å². The van der Waals surface area contributed by atoms with Crippen LogP contribution in [0.3, 0.4) is 0 Å². The van der Waals surface area contributed by atoms with Gasteiger partial charge in [-0.15, -0.1) is 0 Å². The van der Waals surface area contributed by atoms with Gasteiger partial charge in [0.05, 0.1) is 11.0 Å². The number of aromatic amines is 1. The molecule has 0 bridgehead atoms. The maximum atomic E-state index is 13.0. The summed E-state index contributed by atoms with van der Waals surface area (Å²) in [5, 5.41) is 4.20. The zero-order valence-electron chi connectivity index (χ0n) is 14.7. The number of imidazole rings is 1. The van der Waals surface area contributed by atoms with Crippen LogP contribution in [0.1, 0.15) is 22.3 Å². The van der Waals surface area contributed by atoms with Gasteiger partial charge in [0.2, 0.25) is 0 Å². The van der Waals surface area contributed by atoms with Crippen LogP contribution < -0.4 is 5.32 Å². The van der Waals surface area contributed by atoms with E-state index in [2.05, 4.69) is 15.3 Å². The fraction of sp³-hybridized carbons (Fsp3) is 0.300. The van der Waals surface area contributed by atoms with Gasteiger partial charge in [-0.2, -0.15) is 0 Å². The van der Waals surface area contributed by atoms with Gasteiger partial charge in [0.15, 0.2) is 5.16 Å². The molecule has 1 amide bonds. The summed E-state index contributed by atoms with van der Waals surface area (Å²) in [6, 6.07) is 16.2. The Morgan fingerprint density at radius 2 is 2.04 bits per heavy atom. The van der Waals surface area contributed by atoms with Crippen molar-refractivity contribution in [2.75, 3.05) is 20.1 Å². The molecule has 1 aliphatic rings. The average Bonchev–Trinajstić information content (AvgIpc) is 3.34. The van der Waals surface area contributed by atoms with Crippen LogP contribution in [0.25, 0.3) is 11.0 Å². The van der Waals surface area contributed by atoms with Crippen molar-refractivity contribution in [3.63, 3.8) is 0 Å². The summed E-state index contributed by atoms with van der Waals surface area (Å²) in [5.41, 5.74) is 3.83. The number of carbonyl (C=O) groups is 1. The molecule has 0 radical (unpaired) electrons. The SMILES string of the molecule is CN(C(=O)c1ccccc1CSc1nc2ccccc2[nH]1)C1CCNC1. The van der Waals surface area contributed by atoms with Crippen LogP contribution in [0.2, 0.25) is 0 Å². The Kier molecular flexibility index (Phi) is 4.95. The first-order chi connectivity index (χ1) is 12.7. The summed E-state index contributed by atoms with van der Waals surface area (Å²) in [5.74, 6) is 0.804. The standard InChI is InChI=1S/C20H22N4OS/c1-24(15-10-11-21-12-15)19(25)16-7-3-2-6-14(16)13-26-20-22-17-8-4-5-9-18(17)23-20/h2-9,15,21H,10-13H2,1H3,(H,22,23). The molecule has 1 atom stereocenters. The molecule has 2 N–H and O–H groups in total.